The molecule has 1 heterocycles. The number of carboxylic acid groups (broad SMARTS) is 1. The van der Waals surface area contributed by atoms with E-state index in [4.69, 9.17) is 5.11 Å². The maximum absolute atomic E-state index is 12.6. The summed E-state index contributed by atoms with van der Waals surface area (Å²) >= 11 is 0. The van der Waals surface area contributed by atoms with Gasteiger partial charge in [0.2, 0.25) is 0 Å². The number of carboxylic acids is 1. The second kappa shape index (κ2) is 7.10. The SMILES string of the molecule is Cc1ccc(S(=O)(=O)n2ccc(C(=O)N(C)CC(C)C(=O)O)c2)cc1. The van der Waals surface area contributed by atoms with Crippen LogP contribution in [0.25, 0.3) is 0 Å². The summed E-state index contributed by atoms with van der Waals surface area (Å²) in [6, 6.07) is 7.81. The van der Waals surface area contributed by atoms with Gasteiger partial charge in [-0.15, -0.1) is 0 Å². The van der Waals surface area contributed by atoms with Gasteiger partial charge >= 0.3 is 5.97 Å². The molecule has 0 aliphatic carbocycles. The summed E-state index contributed by atoms with van der Waals surface area (Å²) in [5, 5.41) is 8.92. The van der Waals surface area contributed by atoms with Crippen LogP contribution in [-0.4, -0.2) is 47.9 Å². The van der Waals surface area contributed by atoms with Gasteiger partial charge < -0.3 is 10.0 Å². The van der Waals surface area contributed by atoms with Gasteiger partial charge in [0.05, 0.1) is 16.4 Å². The van der Waals surface area contributed by atoms with Crippen molar-refractivity contribution in [1.29, 1.82) is 0 Å². The molecule has 7 nitrogen and oxygen atoms in total. The quantitative estimate of drug-likeness (QED) is 0.843. The average molecular weight is 364 g/mol. The Balaban J connectivity index is 2.22. The lowest BCUT2D eigenvalue weighted by Gasteiger charge is -2.18. The highest BCUT2D eigenvalue weighted by Crippen LogP contribution is 2.17. The van der Waals surface area contributed by atoms with Crippen LogP contribution in [0.3, 0.4) is 0 Å². The summed E-state index contributed by atoms with van der Waals surface area (Å²) in [5.41, 5.74) is 1.12. The van der Waals surface area contributed by atoms with Crippen molar-refractivity contribution in [3.8, 4) is 0 Å². The first kappa shape index (κ1) is 18.7. The molecule has 1 N–H and O–H groups in total. The van der Waals surface area contributed by atoms with Crippen LogP contribution in [0.5, 0.6) is 0 Å². The molecule has 8 heteroatoms. The van der Waals surface area contributed by atoms with Crippen LogP contribution in [0, 0.1) is 12.8 Å². The maximum Gasteiger partial charge on any atom is 0.308 e. The topological polar surface area (TPSA) is 96.7 Å². The average Bonchev–Trinajstić information content (AvgIpc) is 3.05. The monoisotopic (exact) mass is 364 g/mol. The van der Waals surface area contributed by atoms with E-state index < -0.39 is 27.8 Å². The predicted molar refractivity (Wildman–Crippen MR) is 92.0 cm³/mol. The van der Waals surface area contributed by atoms with Gasteiger partial charge in [0.1, 0.15) is 0 Å². The molecular weight excluding hydrogens is 344 g/mol. The third kappa shape index (κ3) is 4.08. The normalized spacial score (nSPS) is 12.6. The Morgan fingerprint density at radius 3 is 2.36 bits per heavy atom. The lowest BCUT2D eigenvalue weighted by atomic mass is 10.1. The summed E-state index contributed by atoms with van der Waals surface area (Å²) < 4.78 is 26.1. The van der Waals surface area contributed by atoms with Gasteiger partial charge in [0.25, 0.3) is 15.9 Å². The number of rotatable bonds is 6. The fraction of sp³-hybridized carbons (Fsp3) is 0.294. The van der Waals surface area contributed by atoms with E-state index in [1.807, 2.05) is 6.92 Å². The highest BCUT2D eigenvalue weighted by Gasteiger charge is 2.22. The van der Waals surface area contributed by atoms with Crippen LogP contribution < -0.4 is 0 Å². The number of aryl methyl sites for hydroxylation is 1. The van der Waals surface area contributed by atoms with Crippen LogP contribution in [-0.2, 0) is 14.8 Å². The van der Waals surface area contributed by atoms with Crippen molar-refractivity contribution >= 4 is 21.9 Å². The van der Waals surface area contributed by atoms with Crippen LogP contribution in [0.15, 0.2) is 47.6 Å². The molecule has 0 bridgehead atoms. The third-order valence-electron chi connectivity index (χ3n) is 3.83. The van der Waals surface area contributed by atoms with E-state index in [2.05, 4.69) is 0 Å². The molecule has 1 aromatic heterocycles. The van der Waals surface area contributed by atoms with E-state index in [9.17, 15) is 18.0 Å². The largest absolute Gasteiger partial charge is 0.481 e. The molecule has 0 aliphatic heterocycles. The Kier molecular flexibility index (Phi) is 5.32. The molecule has 0 saturated carbocycles. The van der Waals surface area contributed by atoms with E-state index >= 15 is 0 Å². The lowest BCUT2D eigenvalue weighted by Crippen LogP contribution is -2.33. The molecule has 2 aromatic rings. The van der Waals surface area contributed by atoms with Crippen molar-refractivity contribution in [3.05, 3.63) is 53.9 Å². The molecule has 0 radical (unpaired) electrons. The zero-order valence-electron chi connectivity index (χ0n) is 14.2. The molecule has 134 valence electrons. The Bertz CT molecular complexity index is 884. The summed E-state index contributed by atoms with van der Waals surface area (Å²) in [6.07, 6.45) is 2.54. The second-order valence-corrected chi connectivity index (χ2v) is 7.82. The van der Waals surface area contributed by atoms with Gasteiger partial charge in [-0.2, -0.15) is 0 Å². The van der Waals surface area contributed by atoms with E-state index in [0.717, 1.165) is 9.54 Å². The zero-order chi connectivity index (χ0) is 18.8. The summed E-state index contributed by atoms with van der Waals surface area (Å²) in [5.74, 6) is -2.16. The first-order valence-electron chi connectivity index (χ1n) is 7.61. The lowest BCUT2D eigenvalue weighted by molar-refractivity contribution is -0.141. The van der Waals surface area contributed by atoms with Crippen molar-refractivity contribution < 1.29 is 23.1 Å². The molecule has 0 fully saturated rings. The molecule has 1 aromatic carbocycles. The number of hydrogen-bond acceptors (Lipinski definition) is 4. The Morgan fingerprint density at radius 2 is 1.80 bits per heavy atom. The number of amides is 1. The number of aromatic nitrogens is 1. The van der Waals surface area contributed by atoms with E-state index in [0.29, 0.717) is 0 Å². The van der Waals surface area contributed by atoms with Gasteiger partial charge in [-0.1, -0.05) is 24.6 Å². The van der Waals surface area contributed by atoms with Crippen molar-refractivity contribution in [1.82, 2.24) is 8.87 Å². The standard InChI is InChI=1S/C17H20N2O5S/c1-12-4-6-15(7-5-12)25(23,24)19-9-8-14(11-19)16(20)18(3)10-13(2)17(21)22/h4-9,11,13H,10H2,1-3H3,(H,21,22). The van der Waals surface area contributed by atoms with Gasteiger partial charge in [-0.25, -0.2) is 12.4 Å². The third-order valence-corrected chi connectivity index (χ3v) is 5.48. The van der Waals surface area contributed by atoms with E-state index in [1.54, 1.807) is 12.1 Å². The molecular formula is C17H20N2O5S. The maximum atomic E-state index is 12.6. The molecule has 1 unspecified atom stereocenters. The summed E-state index contributed by atoms with van der Waals surface area (Å²) in [7, 11) is -2.30. The highest BCUT2D eigenvalue weighted by atomic mass is 32.2. The van der Waals surface area contributed by atoms with Gasteiger partial charge in [0.15, 0.2) is 0 Å². The Morgan fingerprint density at radius 1 is 1.20 bits per heavy atom. The predicted octanol–water partition coefficient (Wildman–Crippen LogP) is 1.83. The molecule has 25 heavy (non-hydrogen) atoms. The first-order chi connectivity index (χ1) is 11.6. The number of benzene rings is 1. The zero-order valence-corrected chi connectivity index (χ0v) is 15.0. The van der Waals surface area contributed by atoms with Crippen LogP contribution >= 0.6 is 0 Å². The fourth-order valence-electron chi connectivity index (χ4n) is 2.28. The van der Waals surface area contributed by atoms with Gasteiger partial charge in [0, 0.05) is 26.0 Å². The van der Waals surface area contributed by atoms with Crippen molar-refractivity contribution in [2.45, 2.75) is 18.7 Å². The Labute approximate surface area is 146 Å². The van der Waals surface area contributed by atoms with Crippen molar-refractivity contribution in [2.75, 3.05) is 13.6 Å². The minimum Gasteiger partial charge on any atom is -0.481 e. The van der Waals surface area contributed by atoms with Crippen LogP contribution in [0.2, 0.25) is 0 Å². The number of aliphatic carboxylic acids is 1. The minimum atomic E-state index is -3.78. The molecule has 1 amide bonds. The number of nitrogens with zero attached hydrogens (tertiary/aromatic N) is 2. The smallest absolute Gasteiger partial charge is 0.308 e. The van der Waals surface area contributed by atoms with Gasteiger partial charge in [-0.3, -0.25) is 9.59 Å². The fourth-order valence-corrected chi connectivity index (χ4v) is 3.47. The van der Waals surface area contributed by atoms with Crippen molar-refractivity contribution in [2.24, 2.45) is 5.92 Å². The highest BCUT2D eigenvalue weighted by molar-refractivity contribution is 7.90. The van der Waals surface area contributed by atoms with E-state index in [1.165, 1.54) is 49.5 Å². The van der Waals surface area contributed by atoms with Gasteiger partial charge in [-0.05, 0) is 25.1 Å². The molecule has 1 atom stereocenters. The number of carbonyl (C=O) groups is 2. The summed E-state index contributed by atoms with van der Waals surface area (Å²) in [4.78, 5) is 24.6. The van der Waals surface area contributed by atoms with E-state index in [-0.39, 0.29) is 17.0 Å². The van der Waals surface area contributed by atoms with Crippen LogP contribution in [0.1, 0.15) is 22.8 Å². The number of hydrogen-bond donors (Lipinski definition) is 1. The van der Waals surface area contributed by atoms with Crippen LogP contribution in [0.4, 0.5) is 0 Å². The molecule has 0 spiro atoms. The molecule has 0 aliphatic rings. The first-order valence-corrected chi connectivity index (χ1v) is 9.05. The van der Waals surface area contributed by atoms with Crippen molar-refractivity contribution in [3.63, 3.8) is 0 Å². The second-order valence-electron chi connectivity index (χ2n) is 5.97. The Hall–Kier alpha value is -2.61. The minimum absolute atomic E-state index is 0.0318. The summed E-state index contributed by atoms with van der Waals surface area (Å²) in [6.45, 7) is 3.39. The number of carbonyl (C=O) groups excluding carboxylic acids is 1. The molecule has 2 rings (SSSR count). The molecule has 0 saturated heterocycles.